The Hall–Kier alpha value is -2.79. The van der Waals surface area contributed by atoms with E-state index in [1.165, 1.54) is 0 Å². The molecule has 0 bridgehead atoms. The van der Waals surface area contributed by atoms with Crippen LogP contribution in [-0.2, 0) is 6.54 Å². The van der Waals surface area contributed by atoms with Crippen LogP contribution < -0.4 is 0 Å². The van der Waals surface area contributed by atoms with E-state index in [0.29, 0.717) is 0 Å². The largest absolute Gasteiger partial charge is 0.341 e. The van der Waals surface area contributed by atoms with Crippen LogP contribution in [0.2, 0.25) is 0 Å². The third-order valence-corrected chi connectivity index (χ3v) is 5.54. The van der Waals surface area contributed by atoms with Crippen LogP contribution in [0.1, 0.15) is 36.0 Å². The summed E-state index contributed by atoms with van der Waals surface area (Å²) in [5, 5.41) is 4.52. The molecule has 0 saturated heterocycles. The number of aromatic amines is 1. The van der Waals surface area contributed by atoms with Gasteiger partial charge in [-0.05, 0) is 25.8 Å². The Balaban J connectivity index is 1.49. The van der Waals surface area contributed by atoms with Crippen LogP contribution in [0.5, 0.6) is 0 Å². The number of imidazole rings is 1. The van der Waals surface area contributed by atoms with Crippen molar-refractivity contribution in [2.75, 3.05) is 0 Å². The van der Waals surface area contributed by atoms with E-state index in [-0.39, 0.29) is 5.25 Å². The SMILES string of the molecule is Cc1ccn(CCCCC(S)c2nc(-c3ccccc3)c(-c3ccccc3)[nH]2)n1. The lowest BCUT2D eigenvalue weighted by Gasteiger charge is -2.08. The molecule has 4 rings (SSSR count). The fourth-order valence-electron chi connectivity index (χ4n) is 3.50. The minimum atomic E-state index is 0.0780. The molecule has 0 saturated carbocycles. The average Bonchev–Trinajstić information content (AvgIpc) is 3.39. The van der Waals surface area contributed by atoms with Crippen molar-refractivity contribution in [2.24, 2.45) is 0 Å². The molecule has 1 unspecified atom stereocenters. The first-order valence-electron chi connectivity index (χ1n) is 10.1. The van der Waals surface area contributed by atoms with Crippen LogP contribution in [0.15, 0.2) is 72.9 Å². The number of aryl methyl sites for hydroxylation is 2. The molecule has 0 fully saturated rings. The molecule has 2 heterocycles. The van der Waals surface area contributed by atoms with Crippen molar-refractivity contribution in [3.63, 3.8) is 0 Å². The number of H-pyrrole nitrogens is 1. The second kappa shape index (κ2) is 9.14. The van der Waals surface area contributed by atoms with Gasteiger partial charge in [-0.2, -0.15) is 17.7 Å². The van der Waals surface area contributed by atoms with Crippen molar-refractivity contribution < 1.29 is 0 Å². The molecule has 0 amide bonds. The van der Waals surface area contributed by atoms with Gasteiger partial charge >= 0.3 is 0 Å². The third-order valence-electron chi connectivity index (χ3n) is 5.04. The first-order chi connectivity index (χ1) is 14.2. The number of thiol groups is 1. The zero-order valence-corrected chi connectivity index (χ0v) is 17.5. The normalized spacial score (nSPS) is 12.2. The van der Waals surface area contributed by atoms with Crippen LogP contribution in [0.3, 0.4) is 0 Å². The van der Waals surface area contributed by atoms with Gasteiger partial charge in [0.05, 0.1) is 22.3 Å². The highest BCUT2D eigenvalue weighted by Crippen LogP contribution is 2.34. The number of aromatic nitrogens is 4. The predicted molar refractivity (Wildman–Crippen MR) is 122 cm³/mol. The highest BCUT2D eigenvalue weighted by Gasteiger charge is 2.18. The summed E-state index contributed by atoms with van der Waals surface area (Å²) in [5.74, 6) is 0.931. The minimum Gasteiger partial charge on any atom is -0.341 e. The molecule has 1 N–H and O–H groups in total. The summed E-state index contributed by atoms with van der Waals surface area (Å²) in [5.41, 5.74) is 5.35. The summed E-state index contributed by atoms with van der Waals surface area (Å²) in [6, 6.07) is 22.7. The Morgan fingerprint density at radius 1 is 0.931 bits per heavy atom. The van der Waals surface area contributed by atoms with Gasteiger partial charge in [0.2, 0.25) is 0 Å². The number of benzene rings is 2. The molecule has 4 aromatic rings. The lowest BCUT2D eigenvalue weighted by molar-refractivity contribution is 0.537. The van der Waals surface area contributed by atoms with Crippen molar-refractivity contribution in [1.29, 1.82) is 0 Å². The number of hydrogen-bond donors (Lipinski definition) is 2. The van der Waals surface area contributed by atoms with E-state index in [9.17, 15) is 0 Å². The highest BCUT2D eigenvalue weighted by molar-refractivity contribution is 7.80. The summed E-state index contributed by atoms with van der Waals surface area (Å²) in [6.07, 6.45) is 5.17. The monoisotopic (exact) mass is 402 g/mol. The molecule has 0 radical (unpaired) electrons. The van der Waals surface area contributed by atoms with E-state index in [1.807, 2.05) is 48.1 Å². The van der Waals surface area contributed by atoms with Gasteiger partial charge in [-0.3, -0.25) is 4.68 Å². The molecule has 148 valence electrons. The predicted octanol–water partition coefficient (Wildman–Crippen LogP) is 6.09. The average molecular weight is 403 g/mol. The van der Waals surface area contributed by atoms with E-state index in [2.05, 4.69) is 46.5 Å². The summed E-state index contributed by atoms with van der Waals surface area (Å²) < 4.78 is 2.01. The molecular weight excluding hydrogens is 376 g/mol. The number of hydrogen-bond acceptors (Lipinski definition) is 3. The van der Waals surface area contributed by atoms with E-state index in [4.69, 9.17) is 17.6 Å². The standard InChI is InChI=1S/C24H26N4S/c1-18-15-17-28(27-18)16-9-8-14-21(29)24-25-22(19-10-4-2-5-11-19)23(26-24)20-12-6-3-7-13-20/h2-7,10-13,15,17,21,29H,8-9,14,16H2,1H3,(H,25,26). The van der Waals surface area contributed by atoms with Crippen molar-refractivity contribution >= 4 is 12.6 Å². The second-order valence-electron chi connectivity index (χ2n) is 7.31. The molecule has 2 aromatic carbocycles. The van der Waals surface area contributed by atoms with Gasteiger partial charge < -0.3 is 4.98 Å². The molecule has 29 heavy (non-hydrogen) atoms. The van der Waals surface area contributed by atoms with Gasteiger partial charge in [0.25, 0.3) is 0 Å². The lowest BCUT2D eigenvalue weighted by Crippen LogP contribution is -2.00. The zero-order valence-electron chi connectivity index (χ0n) is 16.6. The smallest absolute Gasteiger partial charge is 0.120 e. The Labute approximate surface area is 177 Å². The Morgan fingerprint density at radius 2 is 1.62 bits per heavy atom. The van der Waals surface area contributed by atoms with Crippen LogP contribution in [-0.4, -0.2) is 19.7 Å². The topological polar surface area (TPSA) is 46.5 Å². The van der Waals surface area contributed by atoms with E-state index in [1.54, 1.807) is 0 Å². The van der Waals surface area contributed by atoms with E-state index in [0.717, 1.165) is 59.8 Å². The molecule has 0 spiro atoms. The summed E-state index contributed by atoms with van der Waals surface area (Å²) in [6.45, 7) is 2.96. The van der Waals surface area contributed by atoms with Gasteiger partial charge in [-0.1, -0.05) is 67.1 Å². The first kappa shape index (κ1) is 19.5. The molecule has 5 heteroatoms. The summed E-state index contributed by atoms with van der Waals surface area (Å²) >= 11 is 4.85. The molecule has 1 atom stereocenters. The minimum absolute atomic E-state index is 0.0780. The first-order valence-corrected chi connectivity index (χ1v) is 10.6. The van der Waals surface area contributed by atoms with E-state index >= 15 is 0 Å². The maximum Gasteiger partial charge on any atom is 0.120 e. The zero-order chi connectivity index (χ0) is 20.1. The summed E-state index contributed by atoms with van der Waals surface area (Å²) in [4.78, 5) is 8.50. The Kier molecular flexibility index (Phi) is 6.15. The molecule has 4 nitrogen and oxygen atoms in total. The van der Waals surface area contributed by atoms with Crippen LogP contribution in [0.4, 0.5) is 0 Å². The quantitative estimate of drug-likeness (QED) is 0.277. The second-order valence-corrected chi connectivity index (χ2v) is 7.93. The maximum absolute atomic E-state index is 4.95. The molecule has 2 aromatic heterocycles. The Bertz CT molecular complexity index is 980. The lowest BCUT2D eigenvalue weighted by atomic mass is 10.1. The molecule has 0 aliphatic heterocycles. The van der Waals surface area contributed by atoms with Crippen LogP contribution in [0, 0.1) is 6.92 Å². The molecule has 0 aliphatic carbocycles. The van der Waals surface area contributed by atoms with Crippen LogP contribution in [0.25, 0.3) is 22.5 Å². The maximum atomic E-state index is 4.95. The van der Waals surface area contributed by atoms with Gasteiger partial charge in [-0.15, -0.1) is 0 Å². The number of rotatable bonds is 8. The van der Waals surface area contributed by atoms with E-state index < -0.39 is 0 Å². The number of nitrogens with zero attached hydrogens (tertiary/aromatic N) is 3. The highest BCUT2D eigenvalue weighted by atomic mass is 32.1. The van der Waals surface area contributed by atoms with Gasteiger partial charge in [0, 0.05) is 23.9 Å². The van der Waals surface area contributed by atoms with Gasteiger partial charge in [0.1, 0.15) is 5.82 Å². The third kappa shape index (κ3) is 4.80. The summed E-state index contributed by atoms with van der Waals surface area (Å²) in [7, 11) is 0. The van der Waals surface area contributed by atoms with Crippen molar-refractivity contribution in [3.05, 3.63) is 84.4 Å². The molecular formula is C24H26N4S. The molecule has 0 aliphatic rings. The Morgan fingerprint density at radius 3 is 2.28 bits per heavy atom. The van der Waals surface area contributed by atoms with Crippen molar-refractivity contribution in [1.82, 2.24) is 19.7 Å². The number of nitrogens with one attached hydrogen (secondary N) is 1. The van der Waals surface area contributed by atoms with Crippen molar-refractivity contribution in [2.45, 2.75) is 38.0 Å². The van der Waals surface area contributed by atoms with Crippen molar-refractivity contribution in [3.8, 4) is 22.5 Å². The fourth-order valence-corrected chi connectivity index (χ4v) is 3.81. The fraction of sp³-hybridized carbons (Fsp3) is 0.250. The van der Waals surface area contributed by atoms with Gasteiger partial charge in [0.15, 0.2) is 0 Å². The number of unbranched alkanes of at least 4 members (excludes halogenated alkanes) is 1. The van der Waals surface area contributed by atoms with Gasteiger partial charge in [-0.25, -0.2) is 4.98 Å². The van der Waals surface area contributed by atoms with Crippen LogP contribution >= 0.6 is 12.6 Å².